The van der Waals surface area contributed by atoms with Gasteiger partial charge in [0.1, 0.15) is 0 Å². The Labute approximate surface area is 98.2 Å². The van der Waals surface area contributed by atoms with Crippen LogP contribution >= 0.6 is 0 Å². The van der Waals surface area contributed by atoms with E-state index in [-0.39, 0.29) is 11.4 Å². The maximum atomic E-state index is 11.8. The summed E-state index contributed by atoms with van der Waals surface area (Å²) in [7, 11) is 0. The minimum absolute atomic E-state index is 0.0350. The van der Waals surface area contributed by atoms with Gasteiger partial charge in [0.05, 0.1) is 5.54 Å². The van der Waals surface area contributed by atoms with Gasteiger partial charge in [-0.2, -0.15) is 0 Å². The lowest BCUT2D eigenvalue weighted by Crippen LogP contribution is -2.58. The first-order valence-electron chi connectivity index (χ1n) is 6.75. The zero-order chi connectivity index (χ0) is 11.4. The minimum Gasteiger partial charge on any atom is -0.349 e. The molecule has 3 nitrogen and oxygen atoms in total. The van der Waals surface area contributed by atoms with Crippen molar-refractivity contribution < 1.29 is 4.79 Å². The van der Waals surface area contributed by atoms with E-state index in [2.05, 4.69) is 5.32 Å². The third-order valence-corrected chi connectivity index (χ3v) is 4.36. The highest BCUT2D eigenvalue weighted by Crippen LogP contribution is 2.31. The average Bonchev–Trinajstić information content (AvgIpc) is 2.73. The molecule has 2 aliphatic carbocycles. The monoisotopic (exact) mass is 224 g/mol. The highest BCUT2D eigenvalue weighted by atomic mass is 16.1. The Bertz CT molecular complexity index is 237. The molecule has 0 aromatic rings. The van der Waals surface area contributed by atoms with Crippen molar-refractivity contribution in [2.75, 3.05) is 6.54 Å². The number of nitrogens with one attached hydrogen (secondary N) is 1. The molecule has 0 aliphatic heterocycles. The normalized spacial score (nSPS) is 24.1. The van der Waals surface area contributed by atoms with Gasteiger partial charge in [-0.1, -0.05) is 25.7 Å². The number of nitrogens with two attached hydrogens (primary N) is 1. The van der Waals surface area contributed by atoms with Crippen LogP contribution in [0.15, 0.2) is 0 Å². The molecule has 0 spiro atoms. The fourth-order valence-corrected chi connectivity index (χ4v) is 2.98. The van der Waals surface area contributed by atoms with Gasteiger partial charge in [0.15, 0.2) is 0 Å². The highest BCUT2D eigenvalue weighted by Gasteiger charge is 2.36. The highest BCUT2D eigenvalue weighted by molar-refractivity contribution is 5.77. The molecule has 0 unspecified atom stereocenters. The molecule has 2 saturated carbocycles. The van der Waals surface area contributed by atoms with E-state index in [0.717, 1.165) is 25.2 Å². The molecule has 0 bridgehead atoms. The summed E-state index contributed by atoms with van der Waals surface area (Å²) in [5, 5.41) is 3.14. The van der Waals surface area contributed by atoms with Crippen molar-refractivity contribution in [3.63, 3.8) is 0 Å². The number of hydrogen-bond donors (Lipinski definition) is 2. The van der Waals surface area contributed by atoms with E-state index in [9.17, 15) is 4.79 Å². The first-order valence-corrected chi connectivity index (χ1v) is 6.75. The molecule has 0 heterocycles. The van der Waals surface area contributed by atoms with Crippen molar-refractivity contribution in [3.8, 4) is 0 Å². The van der Waals surface area contributed by atoms with Gasteiger partial charge in [-0.05, 0) is 31.6 Å². The van der Waals surface area contributed by atoms with Crippen LogP contribution in [-0.4, -0.2) is 18.0 Å². The second-order valence-corrected chi connectivity index (χ2v) is 5.58. The Balaban J connectivity index is 1.67. The number of carbonyl (C=O) groups is 1. The summed E-state index contributed by atoms with van der Waals surface area (Å²) in [5.41, 5.74) is 5.69. The molecule has 3 N–H and O–H groups in total. The van der Waals surface area contributed by atoms with Crippen molar-refractivity contribution in [1.29, 1.82) is 0 Å². The lowest BCUT2D eigenvalue weighted by Gasteiger charge is -2.41. The molecular formula is C13H24N2O. The topological polar surface area (TPSA) is 55.1 Å². The minimum atomic E-state index is -0.0350. The van der Waals surface area contributed by atoms with Crippen molar-refractivity contribution in [2.45, 2.75) is 63.3 Å². The zero-order valence-electron chi connectivity index (χ0n) is 10.1. The summed E-state index contributed by atoms with van der Waals surface area (Å²) in [6.45, 7) is 0.599. The van der Waals surface area contributed by atoms with Crippen LogP contribution in [0.2, 0.25) is 0 Å². The predicted molar refractivity (Wildman–Crippen MR) is 65.0 cm³/mol. The molecule has 0 radical (unpaired) electrons. The Morgan fingerprint density at radius 1 is 1.25 bits per heavy atom. The number of carbonyl (C=O) groups excluding carboxylic acids is 1. The lowest BCUT2D eigenvalue weighted by molar-refractivity contribution is -0.124. The quantitative estimate of drug-likeness (QED) is 0.750. The number of rotatable bonds is 5. The first kappa shape index (κ1) is 11.9. The van der Waals surface area contributed by atoms with Crippen LogP contribution in [0, 0.1) is 5.92 Å². The summed E-state index contributed by atoms with van der Waals surface area (Å²) < 4.78 is 0. The molecule has 2 fully saturated rings. The fraction of sp³-hybridized carbons (Fsp3) is 0.923. The molecule has 3 heteroatoms. The van der Waals surface area contributed by atoms with Gasteiger partial charge < -0.3 is 11.1 Å². The van der Waals surface area contributed by atoms with Crippen LogP contribution in [0.1, 0.15) is 57.8 Å². The van der Waals surface area contributed by atoms with E-state index in [1.807, 2.05) is 0 Å². The summed E-state index contributed by atoms with van der Waals surface area (Å²) in [4.78, 5) is 11.8. The van der Waals surface area contributed by atoms with Crippen LogP contribution < -0.4 is 11.1 Å². The number of amides is 1. The zero-order valence-corrected chi connectivity index (χ0v) is 10.1. The van der Waals surface area contributed by atoms with Crippen molar-refractivity contribution >= 4 is 5.91 Å². The standard InChI is InChI=1S/C13H24N2O/c14-10-13(8-3-9-13)15-12(16)7-6-11-4-1-2-5-11/h11H,1-10,14H2,(H,15,16). The Kier molecular flexibility index (Phi) is 3.85. The second kappa shape index (κ2) is 5.17. The Morgan fingerprint density at radius 3 is 2.44 bits per heavy atom. The largest absolute Gasteiger partial charge is 0.349 e. The van der Waals surface area contributed by atoms with E-state index in [0.29, 0.717) is 13.0 Å². The molecule has 92 valence electrons. The van der Waals surface area contributed by atoms with Gasteiger partial charge in [0.2, 0.25) is 5.91 Å². The summed E-state index contributed by atoms with van der Waals surface area (Å²) in [5.74, 6) is 1.03. The molecule has 16 heavy (non-hydrogen) atoms. The van der Waals surface area contributed by atoms with E-state index in [1.54, 1.807) is 0 Å². The van der Waals surface area contributed by atoms with Gasteiger partial charge in [-0.25, -0.2) is 0 Å². The third-order valence-electron chi connectivity index (χ3n) is 4.36. The average molecular weight is 224 g/mol. The summed E-state index contributed by atoms with van der Waals surface area (Å²) in [6.07, 6.45) is 10.5. The summed E-state index contributed by atoms with van der Waals surface area (Å²) in [6, 6.07) is 0. The molecule has 0 atom stereocenters. The molecule has 0 aromatic heterocycles. The molecule has 0 saturated heterocycles. The molecular weight excluding hydrogens is 200 g/mol. The van der Waals surface area contributed by atoms with Crippen LogP contribution in [0.4, 0.5) is 0 Å². The molecule has 2 rings (SSSR count). The van der Waals surface area contributed by atoms with Gasteiger partial charge in [0, 0.05) is 13.0 Å². The Morgan fingerprint density at radius 2 is 1.94 bits per heavy atom. The molecule has 0 aromatic carbocycles. The van der Waals surface area contributed by atoms with Crippen LogP contribution in [0.5, 0.6) is 0 Å². The van der Waals surface area contributed by atoms with Gasteiger partial charge in [-0.3, -0.25) is 4.79 Å². The maximum absolute atomic E-state index is 11.8. The Hall–Kier alpha value is -0.570. The second-order valence-electron chi connectivity index (χ2n) is 5.58. The van der Waals surface area contributed by atoms with Crippen molar-refractivity contribution in [1.82, 2.24) is 5.32 Å². The van der Waals surface area contributed by atoms with E-state index in [1.165, 1.54) is 32.1 Å². The number of hydrogen-bond acceptors (Lipinski definition) is 2. The van der Waals surface area contributed by atoms with Gasteiger partial charge >= 0.3 is 0 Å². The van der Waals surface area contributed by atoms with Crippen LogP contribution in [-0.2, 0) is 4.79 Å². The van der Waals surface area contributed by atoms with Crippen molar-refractivity contribution in [3.05, 3.63) is 0 Å². The van der Waals surface area contributed by atoms with Gasteiger partial charge in [-0.15, -0.1) is 0 Å². The predicted octanol–water partition coefficient (Wildman–Crippen LogP) is 1.95. The molecule has 2 aliphatic rings. The lowest BCUT2D eigenvalue weighted by atomic mass is 9.76. The van der Waals surface area contributed by atoms with Crippen LogP contribution in [0.3, 0.4) is 0 Å². The van der Waals surface area contributed by atoms with E-state index in [4.69, 9.17) is 5.73 Å². The smallest absolute Gasteiger partial charge is 0.220 e. The third kappa shape index (κ3) is 2.76. The van der Waals surface area contributed by atoms with E-state index < -0.39 is 0 Å². The van der Waals surface area contributed by atoms with Crippen molar-refractivity contribution in [2.24, 2.45) is 11.7 Å². The maximum Gasteiger partial charge on any atom is 0.220 e. The summed E-state index contributed by atoms with van der Waals surface area (Å²) >= 11 is 0. The molecule has 1 amide bonds. The van der Waals surface area contributed by atoms with Crippen LogP contribution in [0.25, 0.3) is 0 Å². The van der Waals surface area contributed by atoms with Gasteiger partial charge in [0.25, 0.3) is 0 Å². The van der Waals surface area contributed by atoms with E-state index >= 15 is 0 Å². The first-order chi connectivity index (χ1) is 7.74. The fourth-order valence-electron chi connectivity index (χ4n) is 2.98. The SMILES string of the molecule is NCC1(NC(=O)CCC2CCCC2)CCC1.